The van der Waals surface area contributed by atoms with Crippen molar-refractivity contribution in [2.75, 3.05) is 26.7 Å². The third kappa shape index (κ3) is 3.98. The van der Waals surface area contributed by atoms with Crippen LogP contribution in [0.25, 0.3) is 0 Å². The van der Waals surface area contributed by atoms with E-state index in [4.69, 9.17) is 9.47 Å². The molecule has 10 heteroatoms. The Morgan fingerprint density at radius 1 is 1.07 bits per heavy atom. The van der Waals surface area contributed by atoms with Crippen molar-refractivity contribution < 1.29 is 28.5 Å². The van der Waals surface area contributed by atoms with E-state index in [1.165, 1.54) is 13.2 Å². The van der Waals surface area contributed by atoms with Crippen molar-refractivity contribution in [2.45, 2.75) is 42.0 Å². The lowest BCUT2D eigenvalue weighted by Crippen LogP contribution is -2.52. The number of aliphatic hydroxyl groups excluding tert-OH is 1. The van der Waals surface area contributed by atoms with Gasteiger partial charge in [0.05, 0.1) is 30.4 Å². The van der Waals surface area contributed by atoms with Gasteiger partial charge >= 0.3 is 0 Å². The van der Waals surface area contributed by atoms with Crippen molar-refractivity contribution in [1.82, 2.24) is 9.88 Å². The maximum Gasteiger partial charge on any atom is 0.250 e. The lowest BCUT2D eigenvalue weighted by Gasteiger charge is -2.41. The number of hydrogen-bond acceptors (Lipinski definition) is 8. The van der Waals surface area contributed by atoms with Gasteiger partial charge in [0.1, 0.15) is 17.5 Å². The van der Waals surface area contributed by atoms with Crippen LogP contribution in [-0.4, -0.2) is 58.9 Å². The van der Waals surface area contributed by atoms with Gasteiger partial charge in [-0.3, -0.25) is 0 Å². The second-order valence-corrected chi connectivity index (χ2v) is 10.9. The zero-order chi connectivity index (χ0) is 29.0. The van der Waals surface area contributed by atoms with Crippen LogP contribution in [0.4, 0.5) is 8.78 Å². The molecule has 0 spiro atoms. The summed E-state index contributed by atoms with van der Waals surface area (Å²) in [6.45, 7) is 0.517. The number of rotatable bonds is 5. The number of nitriles is 2. The summed E-state index contributed by atoms with van der Waals surface area (Å²) in [5, 5.41) is 44.1. The zero-order valence-electron chi connectivity index (χ0n) is 22.3. The van der Waals surface area contributed by atoms with E-state index >= 15 is 0 Å². The number of piperidine rings is 1. The van der Waals surface area contributed by atoms with Gasteiger partial charge in [-0.2, -0.15) is 10.5 Å². The third-order valence-electron chi connectivity index (χ3n) is 8.83. The third-order valence-corrected chi connectivity index (χ3v) is 8.83. The average Bonchev–Trinajstić information content (AvgIpc) is 3.36. The van der Waals surface area contributed by atoms with Gasteiger partial charge in [-0.25, -0.2) is 13.8 Å². The Hall–Kier alpha value is -4.09. The van der Waals surface area contributed by atoms with Crippen LogP contribution in [0.2, 0.25) is 0 Å². The van der Waals surface area contributed by atoms with E-state index in [1.807, 2.05) is 41.3 Å². The first-order valence-electron chi connectivity index (χ1n) is 13.4. The zero-order valence-corrected chi connectivity index (χ0v) is 22.3. The van der Waals surface area contributed by atoms with E-state index in [1.54, 1.807) is 24.3 Å². The quantitative estimate of drug-likeness (QED) is 0.485. The van der Waals surface area contributed by atoms with Crippen molar-refractivity contribution in [3.05, 3.63) is 88.6 Å². The van der Waals surface area contributed by atoms with E-state index in [2.05, 4.69) is 11.1 Å². The maximum atomic E-state index is 14.0. The molecular weight excluding hydrogens is 530 g/mol. The number of ether oxygens (including phenoxy) is 2. The summed E-state index contributed by atoms with van der Waals surface area (Å²) in [6, 6.07) is 21.4. The minimum atomic E-state index is -2.73. The standard InChI is InChI=1S/C31H28F2N4O4/c1-40-28-26-24(15-22(17-35)36-28)41-31(21-9-7-19(16-34)8-10-21)25(20-5-3-2-4-6-20)23(27(38)30(26,31)39)18-37-13-11-29(32,33)12-14-37/h2-10,15,23,25,27,38-39H,11-14,18H2,1H3. The number of hydrogen-bond donors (Lipinski definition) is 2. The molecule has 1 aliphatic carbocycles. The molecule has 0 bridgehead atoms. The molecule has 2 fully saturated rings. The van der Waals surface area contributed by atoms with Crippen molar-refractivity contribution >= 4 is 0 Å². The predicted octanol–water partition coefficient (Wildman–Crippen LogP) is 3.81. The summed E-state index contributed by atoms with van der Waals surface area (Å²) >= 11 is 0. The number of aromatic nitrogens is 1. The molecule has 3 aromatic rings. The van der Waals surface area contributed by atoms with Crippen LogP contribution < -0.4 is 9.47 Å². The number of halogens is 2. The summed E-state index contributed by atoms with van der Waals surface area (Å²) in [5.41, 5.74) is -1.97. The van der Waals surface area contributed by atoms with Gasteiger partial charge in [-0.1, -0.05) is 42.5 Å². The van der Waals surface area contributed by atoms with Crippen molar-refractivity contribution in [3.8, 4) is 23.8 Å². The summed E-state index contributed by atoms with van der Waals surface area (Å²) in [5.74, 6) is -3.99. The average molecular weight is 559 g/mol. The highest BCUT2D eigenvalue weighted by Gasteiger charge is 2.77. The number of methoxy groups -OCH3 is 1. The Morgan fingerprint density at radius 3 is 2.37 bits per heavy atom. The lowest BCUT2D eigenvalue weighted by atomic mass is 9.70. The van der Waals surface area contributed by atoms with Crippen LogP contribution in [0.5, 0.6) is 11.6 Å². The van der Waals surface area contributed by atoms with E-state index < -0.39 is 35.1 Å². The highest BCUT2D eigenvalue weighted by atomic mass is 19.3. The second kappa shape index (κ2) is 9.78. The molecule has 5 unspecified atom stereocenters. The fraction of sp³-hybridized carbons (Fsp3) is 0.387. The Kier molecular flexibility index (Phi) is 6.46. The molecule has 6 rings (SSSR count). The highest BCUT2D eigenvalue weighted by Crippen LogP contribution is 2.69. The minimum absolute atomic E-state index is 0.00991. The van der Waals surface area contributed by atoms with Crippen LogP contribution >= 0.6 is 0 Å². The van der Waals surface area contributed by atoms with Crippen molar-refractivity contribution in [1.29, 1.82) is 10.5 Å². The molecule has 210 valence electrons. The van der Waals surface area contributed by atoms with Crippen LogP contribution in [0.15, 0.2) is 60.7 Å². The van der Waals surface area contributed by atoms with Gasteiger partial charge in [-0.05, 0) is 23.3 Å². The molecule has 2 N–H and O–H groups in total. The number of likely N-dealkylation sites (tertiary alicyclic amines) is 1. The Bertz CT molecular complexity index is 1550. The number of benzene rings is 2. The van der Waals surface area contributed by atoms with Gasteiger partial charge < -0.3 is 24.6 Å². The van der Waals surface area contributed by atoms with Crippen LogP contribution in [0.1, 0.15) is 46.7 Å². The van der Waals surface area contributed by atoms with Crippen LogP contribution in [-0.2, 0) is 11.2 Å². The van der Waals surface area contributed by atoms with Crippen molar-refractivity contribution in [3.63, 3.8) is 0 Å². The van der Waals surface area contributed by atoms with Gasteiger partial charge in [0.2, 0.25) is 5.88 Å². The number of fused-ring (bicyclic) bond motifs is 3. The van der Waals surface area contributed by atoms with Gasteiger partial charge in [0.15, 0.2) is 11.2 Å². The molecular formula is C31H28F2N4O4. The van der Waals surface area contributed by atoms with E-state index in [0.717, 1.165) is 5.56 Å². The molecule has 3 aliphatic rings. The molecule has 8 nitrogen and oxygen atoms in total. The number of alkyl halides is 2. The normalized spacial score (nSPS) is 30.0. The SMILES string of the molecule is COc1nc(C#N)cc2c1C1(O)C(O)C(CN3CCC(F)(F)CC3)C(c3ccccc3)C1(c1ccc(C#N)cc1)O2. The Morgan fingerprint density at radius 2 is 1.76 bits per heavy atom. The molecule has 3 heterocycles. The monoisotopic (exact) mass is 558 g/mol. The molecule has 5 atom stereocenters. The van der Waals surface area contributed by atoms with Gasteiger partial charge in [0, 0.05) is 50.4 Å². The molecule has 1 saturated heterocycles. The number of aliphatic hydroxyl groups is 2. The van der Waals surface area contributed by atoms with Gasteiger partial charge in [0.25, 0.3) is 5.92 Å². The fourth-order valence-electron chi connectivity index (χ4n) is 6.99. The maximum absolute atomic E-state index is 14.0. The minimum Gasteiger partial charge on any atom is -0.481 e. The molecule has 0 radical (unpaired) electrons. The van der Waals surface area contributed by atoms with Crippen LogP contribution in [0, 0.1) is 28.6 Å². The Balaban J connectivity index is 1.59. The molecule has 1 saturated carbocycles. The molecule has 1 aromatic heterocycles. The largest absolute Gasteiger partial charge is 0.481 e. The Labute approximate surface area is 236 Å². The lowest BCUT2D eigenvalue weighted by molar-refractivity contribution is -0.152. The molecule has 0 amide bonds. The van der Waals surface area contributed by atoms with Crippen molar-refractivity contribution in [2.24, 2.45) is 5.92 Å². The van der Waals surface area contributed by atoms with E-state index in [0.29, 0.717) is 11.1 Å². The predicted molar refractivity (Wildman–Crippen MR) is 142 cm³/mol. The molecule has 2 aromatic carbocycles. The van der Waals surface area contributed by atoms with E-state index in [-0.39, 0.29) is 55.4 Å². The number of nitrogens with zero attached hydrogens (tertiary/aromatic N) is 4. The first-order valence-corrected chi connectivity index (χ1v) is 13.4. The smallest absolute Gasteiger partial charge is 0.250 e. The summed E-state index contributed by atoms with van der Waals surface area (Å²) in [7, 11) is 1.36. The summed E-state index contributed by atoms with van der Waals surface area (Å²) in [4.78, 5) is 6.15. The first-order chi connectivity index (χ1) is 19.7. The first kappa shape index (κ1) is 27.1. The van der Waals surface area contributed by atoms with Crippen LogP contribution in [0.3, 0.4) is 0 Å². The molecule has 2 aliphatic heterocycles. The summed E-state index contributed by atoms with van der Waals surface area (Å²) in [6.07, 6.45) is -2.02. The topological polar surface area (TPSA) is 123 Å². The summed E-state index contributed by atoms with van der Waals surface area (Å²) < 4.78 is 40.3. The highest BCUT2D eigenvalue weighted by molar-refractivity contribution is 5.60. The van der Waals surface area contributed by atoms with E-state index in [9.17, 15) is 29.5 Å². The second-order valence-electron chi connectivity index (χ2n) is 10.9. The number of pyridine rings is 1. The molecule has 41 heavy (non-hydrogen) atoms. The fourth-order valence-corrected chi connectivity index (χ4v) is 6.99. The van der Waals surface area contributed by atoms with Gasteiger partial charge in [-0.15, -0.1) is 0 Å².